The van der Waals surface area contributed by atoms with E-state index in [9.17, 15) is 9.59 Å². The molecule has 3 rings (SSSR count). The normalized spacial score (nSPS) is 25.0. The first-order chi connectivity index (χ1) is 10.2. The SMILES string of the molecule is CCO[C@@H]1COC[C@H]1NC(=O)c1cnc(C2CC2)[nH]c1=O. The highest BCUT2D eigenvalue weighted by Gasteiger charge is 2.31. The van der Waals surface area contributed by atoms with Gasteiger partial charge in [-0.3, -0.25) is 9.59 Å². The van der Waals surface area contributed by atoms with Gasteiger partial charge in [-0.2, -0.15) is 0 Å². The first kappa shape index (κ1) is 14.2. The van der Waals surface area contributed by atoms with E-state index < -0.39 is 11.5 Å². The van der Waals surface area contributed by atoms with Crippen molar-refractivity contribution in [1.29, 1.82) is 0 Å². The van der Waals surface area contributed by atoms with E-state index in [4.69, 9.17) is 9.47 Å². The fourth-order valence-electron chi connectivity index (χ4n) is 2.43. The van der Waals surface area contributed by atoms with Gasteiger partial charge in [-0.25, -0.2) is 4.98 Å². The number of carbonyl (C=O) groups is 1. The molecule has 0 aromatic carbocycles. The molecular weight excluding hydrogens is 274 g/mol. The number of hydrogen-bond donors (Lipinski definition) is 2. The van der Waals surface area contributed by atoms with Gasteiger partial charge in [-0.15, -0.1) is 0 Å². The average Bonchev–Trinajstić information content (AvgIpc) is 3.23. The minimum absolute atomic E-state index is 0.0292. The molecule has 1 aromatic heterocycles. The van der Waals surface area contributed by atoms with Crippen molar-refractivity contribution in [2.75, 3.05) is 19.8 Å². The second kappa shape index (κ2) is 5.95. The topological polar surface area (TPSA) is 93.3 Å². The van der Waals surface area contributed by atoms with Crippen LogP contribution in [0.5, 0.6) is 0 Å². The summed E-state index contributed by atoms with van der Waals surface area (Å²) in [6.45, 7) is 3.29. The summed E-state index contributed by atoms with van der Waals surface area (Å²) in [6.07, 6.45) is 3.28. The molecule has 7 nitrogen and oxygen atoms in total. The highest BCUT2D eigenvalue weighted by atomic mass is 16.5. The molecule has 0 spiro atoms. The number of carbonyl (C=O) groups excluding carboxylic acids is 1. The highest BCUT2D eigenvalue weighted by molar-refractivity contribution is 5.93. The summed E-state index contributed by atoms with van der Waals surface area (Å²) in [4.78, 5) is 31.0. The van der Waals surface area contributed by atoms with Crippen LogP contribution in [0.15, 0.2) is 11.0 Å². The van der Waals surface area contributed by atoms with Crippen molar-refractivity contribution < 1.29 is 14.3 Å². The monoisotopic (exact) mass is 293 g/mol. The Morgan fingerprint density at radius 2 is 2.33 bits per heavy atom. The fraction of sp³-hybridized carbons (Fsp3) is 0.643. The zero-order chi connectivity index (χ0) is 14.8. The molecule has 7 heteroatoms. The molecule has 2 atom stereocenters. The van der Waals surface area contributed by atoms with E-state index in [0.717, 1.165) is 12.8 Å². The van der Waals surface area contributed by atoms with Crippen molar-refractivity contribution in [2.24, 2.45) is 0 Å². The van der Waals surface area contributed by atoms with Gasteiger partial charge >= 0.3 is 0 Å². The Labute approximate surface area is 122 Å². The van der Waals surface area contributed by atoms with Gasteiger partial charge in [-0.1, -0.05) is 0 Å². The van der Waals surface area contributed by atoms with Crippen LogP contribution in [0.4, 0.5) is 0 Å². The lowest BCUT2D eigenvalue weighted by Gasteiger charge is -2.18. The van der Waals surface area contributed by atoms with Crippen LogP contribution in [0.1, 0.15) is 41.9 Å². The molecule has 114 valence electrons. The maximum atomic E-state index is 12.2. The van der Waals surface area contributed by atoms with Crippen LogP contribution < -0.4 is 10.9 Å². The van der Waals surface area contributed by atoms with Crippen LogP contribution in [0.25, 0.3) is 0 Å². The van der Waals surface area contributed by atoms with Gasteiger partial charge in [0.1, 0.15) is 17.5 Å². The van der Waals surface area contributed by atoms with Gasteiger partial charge in [0.15, 0.2) is 0 Å². The van der Waals surface area contributed by atoms with E-state index in [0.29, 0.717) is 31.6 Å². The average molecular weight is 293 g/mol. The lowest BCUT2D eigenvalue weighted by atomic mass is 10.2. The summed E-state index contributed by atoms with van der Waals surface area (Å²) in [7, 11) is 0. The van der Waals surface area contributed by atoms with Gasteiger partial charge in [0.05, 0.1) is 19.3 Å². The molecule has 2 heterocycles. The van der Waals surface area contributed by atoms with Crippen LogP contribution in [0.2, 0.25) is 0 Å². The number of aromatic nitrogens is 2. The first-order valence-corrected chi connectivity index (χ1v) is 7.28. The third-order valence-electron chi connectivity index (χ3n) is 3.75. The summed E-state index contributed by atoms with van der Waals surface area (Å²) in [5, 5.41) is 2.79. The van der Waals surface area contributed by atoms with Crippen molar-refractivity contribution in [1.82, 2.24) is 15.3 Å². The van der Waals surface area contributed by atoms with Crippen molar-refractivity contribution in [3.8, 4) is 0 Å². The van der Waals surface area contributed by atoms with Gasteiger partial charge in [0, 0.05) is 18.7 Å². The largest absolute Gasteiger partial charge is 0.376 e. The Kier molecular flexibility index (Phi) is 4.03. The number of H-pyrrole nitrogens is 1. The summed E-state index contributed by atoms with van der Waals surface area (Å²) >= 11 is 0. The Morgan fingerprint density at radius 3 is 3.00 bits per heavy atom. The van der Waals surface area contributed by atoms with Gasteiger partial charge in [0.2, 0.25) is 0 Å². The van der Waals surface area contributed by atoms with Crippen LogP contribution >= 0.6 is 0 Å². The van der Waals surface area contributed by atoms with Crippen molar-refractivity contribution >= 4 is 5.91 Å². The van der Waals surface area contributed by atoms with E-state index in [-0.39, 0.29) is 17.7 Å². The minimum atomic E-state index is -0.439. The van der Waals surface area contributed by atoms with E-state index >= 15 is 0 Å². The number of aromatic amines is 1. The molecule has 2 N–H and O–H groups in total. The van der Waals surface area contributed by atoms with Crippen LogP contribution in [-0.2, 0) is 9.47 Å². The third kappa shape index (κ3) is 3.14. The minimum Gasteiger partial charge on any atom is -0.376 e. The number of rotatable bonds is 5. The molecule has 1 saturated carbocycles. The Morgan fingerprint density at radius 1 is 1.52 bits per heavy atom. The molecule has 1 amide bonds. The quantitative estimate of drug-likeness (QED) is 0.808. The fourth-order valence-corrected chi connectivity index (χ4v) is 2.43. The Bertz CT molecular complexity index is 582. The molecule has 1 aliphatic carbocycles. The van der Waals surface area contributed by atoms with Crippen molar-refractivity contribution in [2.45, 2.75) is 37.8 Å². The van der Waals surface area contributed by atoms with Crippen LogP contribution in [0.3, 0.4) is 0 Å². The molecule has 1 aromatic rings. The molecule has 1 saturated heterocycles. The van der Waals surface area contributed by atoms with Gasteiger partial charge in [-0.05, 0) is 19.8 Å². The van der Waals surface area contributed by atoms with E-state index in [2.05, 4.69) is 15.3 Å². The van der Waals surface area contributed by atoms with Gasteiger partial charge < -0.3 is 19.8 Å². The molecule has 2 fully saturated rings. The smallest absolute Gasteiger partial charge is 0.263 e. The first-order valence-electron chi connectivity index (χ1n) is 7.28. The number of amides is 1. The molecule has 2 aliphatic rings. The number of hydrogen-bond acceptors (Lipinski definition) is 5. The lowest BCUT2D eigenvalue weighted by molar-refractivity contribution is 0.0402. The molecule has 0 unspecified atom stereocenters. The number of nitrogens with one attached hydrogen (secondary N) is 2. The second-order valence-electron chi connectivity index (χ2n) is 5.40. The zero-order valence-corrected chi connectivity index (χ0v) is 11.9. The zero-order valence-electron chi connectivity index (χ0n) is 11.9. The maximum absolute atomic E-state index is 12.2. The third-order valence-corrected chi connectivity index (χ3v) is 3.75. The summed E-state index contributed by atoms with van der Waals surface area (Å²) in [5.41, 5.74) is -0.363. The van der Waals surface area contributed by atoms with Crippen LogP contribution in [-0.4, -0.2) is 47.8 Å². The van der Waals surface area contributed by atoms with E-state index in [1.807, 2.05) is 6.92 Å². The lowest BCUT2D eigenvalue weighted by Crippen LogP contribution is -2.45. The summed E-state index contributed by atoms with van der Waals surface area (Å²) in [5.74, 6) is 0.583. The number of nitrogens with zero attached hydrogens (tertiary/aromatic N) is 1. The molecule has 1 aliphatic heterocycles. The van der Waals surface area contributed by atoms with Crippen molar-refractivity contribution in [3.05, 3.63) is 27.9 Å². The number of ether oxygens (including phenoxy) is 2. The standard InChI is InChI=1S/C14H19N3O4/c1-2-21-11-7-20-6-10(11)16-13(18)9-5-15-12(8-3-4-8)17-14(9)19/h5,8,10-11H,2-4,6-7H2,1H3,(H,16,18)(H,15,17,19)/t10-,11-/m1/s1. The van der Waals surface area contributed by atoms with Crippen molar-refractivity contribution in [3.63, 3.8) is 0 Å². The predicted molar refractivity (Wildman–Crippen MR) is 74.3 cm³/mol. The molecule has 0 bridgehead atoms. The predicted octanol–water partition coefficient (Wildman–Crippen LogP) is 0.181. The van der Waals surface area contributed by atoms with E-state index in [1.54, 1.807) is 0 Å². The molecule has 21 heavy (non-hydrogen) atoms. The Balaban J connectivity index is 1.68. The van der Waals surface area contributed by atoms with Crippen LogP contribution in [0, 0.1) is 0 Å². The molecular formula is C14H19N3O4. The highest BCUT2D eigenvalue weighted by Crippen LogP contribution is 2.37. The Hall–Kier alpha value is -1.73. The summed E-state index contributed by atoms with van der Waals surface area (Å²) in [6, 6.07) is -0.236. The summed E-state index contributed by atoms with van der Waals surface area (Å²) < 4.78 is 10.8. The van der Waals surface area contributed by atoms with Gasteiger partial charge in [0.25, 0.3) is 11.5 Å². The van der Waals surface area contributed by atoms with E-state index in [1.165, 1.54) is 6.20 Å². The second-order valence-corrected chi connectivity index (χ2v) is 5.40. The molecule has 0 radical (unpaired) electrons. The maximum Gasteiger partial charge on any atom is 0.263 e.